The molecule has 1 fully saturated rings. The van der Waals surface area contributed by atoms with Gasteiger partial charge in [0, 0.05) is 11.6 Å². The van der Waals surface area contributed by atoms with Crippen molar-refractivity contribution in [1.29, 1.82) is 0 Å². The Labute approximate surface area is 129 Å². The van der Waals surface area contributed by atoms with Crippen molar-refractivity contribution in [2.45, 2.75) is 12.3 Å². The van der Waals surface area contributed by atoms with Crippen molar-refractivity contribution in [1.82, 2.24) is 0 Å². The molecule has 108 valence electrons. The Balaban J connectivity index is 1.48. The Hall–Kier alpha value is -2.61. The van der Waals surface area contributed by atoms with Gasteiger partial charge >= 0.3 is 0 Å². The molecule has 0 radical (unpaired) electrons. The number of hydrogen-bond acceptors (Lipinski definition) is 1. The van der Waals surface area contributed by atoms with Gasteiger partial charge in [0.1, 0.15) is 0 Å². The molecule has 0 heterocycles. The van der Waals surface area contributed by atoms with Gasteiger partial charge in [-0.05, 0) is 40.8 Å². The molecule has 1 saturated carbocycles. The highest BCUT2D eigenvalue weighted by atomic mass is 16.2. The lowest BCUT2D eigenvalue weighted by molar-refractivity contribution is -0.117. The molecule has 1 aliphatic rings. The van der Waals surface area contributed by atoms with Crippen molar-refractivity contribution >= 4 is 22.4 Å². The van der Waals surface area contributed by atoms with E-state index in [9.17, 15) is 4.79 Å². The average molecular weight is 287 g/mol. The zero-order valence-corrected chi connectivity index (χ0v) is 12.2. The van der Waals surface area contributed by atoms with Crippen LogP contribution in [-0.2, 0) is 4.79 Å². The van der Waals surface area contributed by atoms with Crippen LogP contribution in [0.4, 0.5) is 5.69 Å². The summed E-state index contributed by atoms with van der Waals surface area (Å²) in [6, 6.07) is 24.5. The van der Waals surface area contributed by atoms with Crippen LogP contribution < -0.4 is 5.32 Å². The van der Waals surface area contributed by atoms with Crippen LogP contribution in [-0.4, -0.2) is 5.91 Å². The molecule has 0 aliphatic heterocycles. The highest BCUT2D eigenvalue weighted by molar-refractivity contribution is 5.97. The van der Waals surface area contributed by atoms with Crippen molar-refractivity contribution in [2.24, 2.45) is 5.92 Å². The predicted octanol–water partition coefficient (Wildman–Crippen LogP) is 4.58. The lowest BCUT2D eigenvalue weighted by atomic mass is 10.1. The van der Waals surface area contributed by atoms with Gasteiger partial charge in [-0.25, -0.2) is 0 Å². The van der Waals surface area contributed by atoms with Crippen molar-refractivity contribution in [3.8, 4) is 0 Å². The van der Waals surface area contributed by atoms with E-state index >= 15 is 0 Å². The first-order valence-electron chi connectivity index (χ1n) is 7.66. The number of hydrogen-bond donors (Lipinski definition) is 1. The van der Waals surface area contributed by atoms with Gasteiger partial charge in [0.15, 0.2) is 0 Å². The molecule has 3 aromatic carbocycles. The van der Waals surface area contributed by atoms with Gasteiger partial charge in [0.2, 0.25) is 5.91 Å². The van der Waals surface area contributed by atoms with Gasteiger partial charge in [-0.3, -0.25) is 4.79 Å². The van der Waals surface area contributed by atoms with E-state index in [-0.39, 0.29) is 11.8 Å². The summed E-state index contributed by atoms with van der Waals surface area (Å²) >= 11 is 0. The van der Waals surface area contributed by atoms with E-state index in [1.54, 1.807) is 0 Å². The number of carbonyl (C=O) groups is 1. The topological polar surface area (TPSA) is 29.1 Å². The Morgan fingerprint density at radius 3 is 2.41 bits per heavy atom. The highest BCUT2D eigenvalue weighted by Gasteiger charge is 2.43. The molecule has 0 bridgehead atoms. The molecule has 0 saturated heterocycles. The minimum atomic E-state index is 0.105. The van der Waals surface area contributed by atoms with Crippen molar-refractivity contribution in [2.75, 3.05) is 5.32 Å². The number of nitrogens with one attached hydrogen (secondary N) is 1. The molecule has 1 aliphatic carbocycles. The monoisotopic (exact) mass is 287 g/mol. The summed E-state index contributed by atoms with van der Waals surface area (Å²) in [6.45, 7) is 0. The highest BCUT2D eigenvalue weighted by Crippen LogP contribution is 2.47. The molecule has 0 unspecified atom stereocenters. The number of carbonyl (C=O) groups excluding carboxylic acids is 1. The second-order valence-electron chi connectivity index (χ2n) is 5.91. The fourth-order valence-electron chi connectivity index (χ4n) is 3.06. The first-order valence-corrected chi connectivity index (χ1v) is 7.66. The van der Waals surface area contributed by atoms with Crippen LogP contribution in [0.25, 0.3) is 10.8 Å². The summed E-state index contributed by atoms with van der Waals surface area (Å²) in [7, 11) is 0. The van der Waals surface area contributed by atoms with Crippen LogP contribution in [0.1, 0.15) is 17.9 Å². The van der Waals surface area contributed by atoms with Crippen LogP contribution >= 0.6 is 0 Å². The lowest BCUT2D eigenvalue weighted by Crippen LogP contribution is -2.14. The Morgan fingerprint density at radius 2 is 1.59 bits per heavy atom. The molecule has 2 heteroatoms. The third-order valence-corrected chi connectivity index (χ3v) is 4.37. The molecule has 3 aromatic rings. The SMILES string of the molecule is O=C(Nc1ccc2ccccc2c1)[C@H]1C[C@@H]1c1ccccc1. The summed E-state index contributed by atoms with van der Waals surface area (Å²) < 4.78 is 0. The van der Waals surface area contributed by atoms with Crippen LogP contribution in [0, 0.1) is 5.92 Å². The maximum absolute atomic E-state index is 12.4. The van der Waals surface area contributed by atoms with Crippen molar-refractivity contribution < 1.29 is 4.79 Å². The molecule has 22 heavy (non-hydrogen) atoms. The largest absolute Gasteiger partial charge is 0.326 e. The number of fused-ring (bicyclic) bond motifs is 1. The molecular formula is C20H17NO. The van der Waals surface area contributed by atoms with E-state index < -0.39 is 0 Å². The maximum Gasteiger partial charge on any atom is 0.228 e. The molecule has 1 N–H and O–H groups in total. The van der Waals surface area contributed by atoms with Crippen molar-refractivity contribution in [3.05, 3.63) is 78.4 Å². The molecule has 1 amide bonds. The van der Waals surface area contributed by atoms with Crippen LogP contribution in [0.15, 0.2) is 72.8 Å². The number of benzene rings is 3. The number of rotatable bonds is 3. The van der Waals surface area contributed by atoms with Gasteiger partial charge in [0.25, 0.3) is 0 Å². The van der Waals surface area contributed by atoms with Gasteiger partial charge < -0.3 is 5.32 Å². The Kier molecular flexibility index (Phi) is 3.15. The summed E-state index contributed by atoms with van der Waals surface area (Å²) in [6.07, 6.45) is 0.948. The molecule has 0 spiro atoms. The normalized spacial score (nSPS) is 19.8. The minimum absolute atomic E-state index is 0.105. The summed E-state index contributed by atoms with van der Waals surface area (Å²) in [5, 5.41) is 5.39. The van der Waals surface area contributed by atoms with Gasteiger partial charge in [-0.1, -0.05) is 60.7 Å². The number of amides is 1. The van der Waals surface area contributed by atoms with E-state index in [0.29, 0.717) is 5.92 Å². The first kappa shape index (κ1) is 13.1. The smallest absolute Gasteiger partial charge is 0.228 e. The third-order valence-electron chi connectivity index (χ3n) is 4.37. The minimum Gasteiger partial charge on any atom is -0.326 e. The predicted molar refractivity (Wildman–Crippen MR) is 89.9 cm³/mol. The maximum atomic E-state index is 12.4. The molecule has 2 nitrogen and oxygen atoms in total. The van der Waals surface area contributed by atoms with E-state index in [4.69, 9.17) is 0 Å². The van der Waals surface area contributed by atoms with E-state index in [2.05, 4.69) is 29.6 Å². The van der Waals surface area contributed by atoms with E-state index in [1.165, 1.54) is 10.9 Å². The Bertz CT molecular complexity index is 825. The van der Waals surface area contributed by atoms with Crippen LogP contribution in [0.3, 0.4) is 0 Å². The zero-order valence-electron chi connectivity index (χ0n) is 12.2. The van der Waals surface area contributed by atoms with Gasteiger partial charge in [0.05, 0.1) is 0 Å². The summed E-state index contributed by atoms with van der Waals surface area (Å²) in [5.41, 5.74) is 2.14. The fraction of sp³-hybridized carbons (Fsp3) is 0.150. The molecular weight excluding hydrogens is 270 g/mol. The Morgan fingerprint density at radius 1 is 0.864 bits per heavy atom. The molecule has 2 atom stereocenters. The van der Waals surface area contributed by atoms with Crippen molar-refractivity contribution in [3.63, 3.8) is 0 Å². The lowest BCUT2D eigenvalue weighted by Gasteiger charge is -2.06. The average Bonchev–Trinajstić information content (AvgIpc) is 3.36. The molecule has 4 rings (SSSR count). The second kappa shape index (κ2) is 5.30. The number of anilines is 1. The molecule has 0 aromatic heterocycles. The van der Waals surface area contributed by atoms with Gasteiger partial charge in [-0.2, -0.15) is 0 Å². The first-order chi connectivity index (χ1) is 10.8. The zero-order chi connectivity index (χ0) is 14.9. The van der Waals surface area contributed by atoms with E-state index in [0.717, 1.165) is 17.5 Å². The summed E-state index contributed by atoms with van der Waals surface area (Å²) in [4.78, 5) is 12.4. The summed E-state index contributed by atoms with van der Waals surface area (Å²) in [5.74, 6) is 0.611. The van der Waals surface area contributed by atoms with Gasteiger partial charge in [-0.15, -0.1) is 0 Å². The third kappa shape index (κ3) is 2.48. The fourth-order valence-corrected chi connectivity index (χ4v) is 3.06. The van der Waals surface area contributed by atoms with Crippen LogP contribution in [0.2, 0.25) is 0 Å². The standard InChI is InChI=1S/C20H17NO/c22-20(19-13-18(19)15-7-2-1-3-8-15)21-17-11-10-14-6-4-5-9-16(14)12-17/h1-12,18-19H,13H2,(H,21,22)/t18-,19+/m1/s1. The van der Waals surface area contributed by atoms with Crippen LogP contribution in [0.5, 0.6) is 0 Å². The second-order valence-corrected chi connectivity index (χ2v) is 5.91. The van der Waals surface area contributed by atoms with E-state index in [1.807, 2.05) is 48.5 Å². The quantitative estimate of drug-likeness (QED) is 0.750.